The Hall–Kier alpha value is -2.87. The summed E-state index contributed by atoms with van der Waals surface area (Å²) in [6.07, 6.45) is 3.00. The fourth-order valence-electron chi connectivity index (χ4n) is 2.61. The second-order valence-corrected chi connectivity index (χ2v) is 6.90. The summed E-state index contributed by atoms with van der Waals surface area (Å²) < 4.78 is 12.1. The maximum absolute atomic E-state index is 12.1. The molecule has 1 aromatic carbocycles. The standard InChI is InChI=1S/C18H18N4O3S/c1-24-12-7-5-11(6-8-12)14-9-16(19)22(21-14)18-20-15(10-26-18)17(23)25-13-3-2-4-13/h5-10,13H,2-4,19H2,1H3. The van der Waals surface area contributed by atoms with Crippen molar-refractivity contribution in [3.05, 3.63) is 41.4 Å². The zero-order valence-corrected chi connectivity index (χ0v) is 15.0. The highest BCUT2D eigenvalue weighted by Crippen LogP contribution is 2.27. The van der Waals surface area contributed by atoms with E-state index in [2.05, 4.69) is 10.1 Å². The third-order valence-corrected chi connectivity index (χ3v) is 5.15. The molecule has 0 unspecified atom stereocenters. The van der Waals surface area contributed by atoms with Crippen molar-refractivity contribution in [2.24, 2.45) is 0 Å². The number of nitrogens with zero attached hydrogens (tertiary/aromatic N) is 3. The van der Waals surface area contributed by atoms with Crippen molar-refractivity contribution in [1.82, 2.24) is 14.8 Å². The van der Waals surface area contributed by atoms with Gasteiger partial charge in [0.15, 0.2) is 5.69 Å². The molecule has 3 aromatic rings. The molecule has 0 atom stereocenters. The number of esters is 1. The highest BCUT2D eigenvalue weighted by atomic mass is 32.1. The number of methoxy groups -OCH3 is 1. The second-order valence-electron chi connectivity index (χ2n) is 6.07. The third-order valence-electron chi connectivity index (χ3n) is 4.33. The molecular weight excluding hydrogens is 352 g/mol. The molecular formula is C18H18N4O3S. The Morgan fingerprint density at radius 1 is 1.31 bits per heavy atom. The zero-order valence-electron chi connectivity index (χ0n) is 14.2. The molecule has 0 spiro atoms. The molecule has 1 fully saturated rings. The van der Waals surface area contributed by atoms with Crippen LogP contribution in [-0.2, 0) is 4.74 Å². The third kappa shape index (κ3) is 3.15. The van der Waals surface area contributed by atoms with E-state index in [4.69, 9.17) is 15.2 Å². The van der Waals surface area contributed by atoms with Crippen molar-refractivity contribution >= 4 is 23.1 Å². The summed E-state index contributed by atoms with van der Waals surface area (Å²) in [6.45, 7) is 0. The molecule has 2 N–H and O–H groups in total. The topological polar surface area (TPSA) is 92.3 Å². The van der Waals surface area contributed by atoms with Crippen LogP contribution in [0.2, 0.25) is 0 Å². The first-order valence-electron chi connectivity index (χ1n) is 8.31. The van der Waals surface area contributed by atoms with Gasteiger partial charge >= 0.3 is 5.97 Å². The van der Waals surface area contributed by atoms with Gasteiger partial charge < -0.3 is 15.2 Å². The van der Waals surface area contributed by atoms with E-state index in [1.165, 1.54) is 16.0 Å². The van der Waals surface area contributed by atoms with E-state index in [0.717, 1.165) is 36.3 Å². The minimum atomic E-state index is -0.390. The average molecular weight is 370 g/mol. The number of anilines is 1. The van der Waals surface area contributed by atoms with Gasteiger partial charge in [-0.1, -0.05) is 0 Å². The summed E-state index contributed by atoms with van der Waals surface area (Å²) in [6, 6.07) is 9.32. The molecule has 7 nitrogen and oxygen atoms in total. The lowest BCUT2D eigenvalue weighted by Gasteiger charge is -2.24. The van der Waals surface area contributed by atoms with Gasteiger partial charge in [-0.05, 0) is 43.5 Å². The predicted octanol–water partition coefficient (Wildman–Crippen LogP) is 3.30. The van der Waals surface area contributed by atoms with Gasteiger partial charge in [0.05, 0.1) is 12.8 Å². The van der Waals surface area contributed by atoms with Crippen LogP contribution in [0.15, 0.2) is 35.7 Å². The van der Waals surface area contributed by atoms with Crippen LogP contribution in [0.3, 0.4) is 0 Å². The minimum absolute atomic E-state index is 0.0316. The van der Waals surface area contributed by atoms with Crippen molar-refractivity contribution in [2.45, 2.75) is 25.4 Å². The number of nitrogens with two attached hydrogens (primary N) is 1. The molecule has 1 aliphatic carbocycles. The molecule has 2 heterocycles. The van der Waals surface area contributed by atoms with E-state index in [-0.39, 0.29) is 11.8 Å². The van der Waals surface area contributed by atoms with E-state index in [1.807, 2.05) is 24.3 Å². The number of thiazole rings is 1. The summed E-state index contributed by atoms with van der Waals surface area (Å²) in [7, 11) is 1.62. The van der Waals surface area contributed by atoms with Gasteiger partial charge in [0, 0.05) is 17.0 Å². The smallest absolute Gasteiger partial charge is 0.358 e. The van der Waals surface area contributed by atoms with Gasteiger partial charge in [0.25, 0.3) is 0 Å². The molecule has 4 rings (SSSR count). The fraction of sp³-hybridized carbons (Fsp3) is 0.278. The molecule has 26 heavy (non-hydrogen) atoms. The fourth-order valence-corrected chi connectivity index (χ4v) is 3.37. The van der Waals surface area contributed by atoms with Crippen LogP contribution in [0.5, 0.6) is 5.75 Å². The Labute approximate surface area is 154 Å². The first kappa shape index (κ1) is 16.6. The molecule has 1 aliphatic rings. The van der Waals surface area contributed by atoms with E-state index in [0.29, 0.717) is 10.9 Å². The van der Waals surface area contributed by atoms with Crippen molar-refractivity contribution < 1.29 is 14.3 Å². The number of rotatable bonds is 5. The molecule has 0 radical (unpaired) electrons. The number of nitrogen functional groups attached to an aromatic ring is 1. The summed E-state index contributed by atoms with van der Waals surface area (Å²) in [5, 5.41) is 6.71. The van der Waals surface area contributed by atoms with Crippen molar-refractivity contribution in [2.75, 3.05) is 12.8 Å². The van der Waals surface area contributed by atoms with Crippen molar-refractivity contribution in [3.63, 3.8) is 0 Å². The highest BCUT2D eigenvalue weighted by molar-refractivity contribution is 7.12. The van der Waals surface area contributed by atoms with Gasteiger partial charge in [0.1, 0.15) is 17.7 Å². The quantitative estimate of drug-likeness (QED) is 0.693. The average Bonchev–Trinajstić information content (AvgIpc) is 3.25. The second kappa shape index (κ2) is 6.80. The number of benzene rings is 1. The largest absolute Gasteiger partial charge is 0.497 e. The minimum Gasteiger partial charge on any atom is -0.497 e. The van der Waals surface area contributed by atoms with E-state index < -0.39 is 5.97 Å². The first-order chi connectivity index (χ1) is 12.6. The number of hydrogen-bond acceptors (Lipinski definition) is 7. The Morgan fingerprint density at radius 2 is 2.08 bits per heavy atom. The van der Waals surface area contributed by atoms with Crippen LogP contribution in [0.1, 0.15) is 29.8 Å². The maximum atomic E-state index is 12.1. The van der Waals surface area contributed by atoms with Crippen LogP contribution in [0, 0.1) is 0 Å². The summed E-state index contributed by atoms with van der Waals surface area (Å²) in [5.74, 6) is 0.832. The number of hydrogen-bond donors (Lipinski definition) is 1. The van der Waals surface area contributed by atoms with Crippen molar-refractivity contribution in [3.8, 4) is 22.1 Å². The summed E-state index contributed by atoms with van der Waals surface area (Å²) in [5.41, 5.74) is 8.01. The number of carbonyl (C=O) groups excluding carboxylic acids is 1. The summed E-state index contributed by atoms with van der Waals surface area (Å²) >= 11 is 1.30. The van der Waals surface area contributed by atoms with Gasteiger partial charge in [-0.2, -0.15) is 9.78 Å². The van der Waals surface area contributed by atoms with Crippen molar-refractivity contribution in [1.29, 1.82) is 0 Å². The molecule has 0 saturated heterocycles. The SMILES string of the molecule is COc1ccc(-c2cc(N)n(-c3nc(C(=O)OC4CCC4)cs3)n2)cc1. The molecule has 134 valence electrons. The van der Waals surface area contributed by atoms with Crippen LogP contribution in [-0.4, -0.2) is 33.9 Å². The van der Waals surface area contributed by atoms with Gasteiger partial charge in [-0.3, -0.25) is 0 Å². The predicted molar refractivity (Wildman–Crippen MR) is 98.7 cm³/mol. The molecule has 1 saturated carbocycles. The lowest BCUT2D eigenvalue weighted by molar-refractivity contribution is 0.00845. The van der Waals surface area contributed by atoms with Gasteiger partial charge in [-0.25, -0.2) is 9.78 Å². The lowest BCUT2D eigenvalue weighted by atomic mass is 9.96. The number of ether oxygens (including phenoxy) is 2. The first-order valence-corrected chi connectivity index (χ1v) is 9.19. The molecule has 2 aromatic heterocycles. The number of aromatic nitrogens is 3. The Kier molecular flexibility index (Phi) is 4.34. The van der Waals surface area contributed by atoms with Crippen LogP contribution in [0.4, 0.5) is 5.82 Å². The van der Waals surface area contributed by atoms with Gasteiger partial charge in [0.2, 0.25) is 5.13 Å². The zero-order chi connectivity index (χ0) is 18.1. The maximum Gasteiger partial charge on any atom is 0.358 e. The lowest BCUT2D eigenvalue weighted by Crippen LogP contribution is -2.25. The van der Waals surface area contributed by atoms with Gasteiger partial charge in [-0.15, -0.1) is 11.3 Å². The van der Waals surface area contributed by atoms with E-state index in [1.54, 1.807) is 18.6 Å². The van der Waals surface area contributed by atoms with Crippen LogP contribution in [0.25, 0.3) is 16.4 Å². The Morgan fingerprint density at radius 3 is 2.73 bits per heavy atom. The Bertz CT molecular complexity index is 928. The van der Waals surface area contributed by atoms with E-state index in [9.17, 15) is 4.79 Å². The molecule has 0 amide bonds. The number of carbonyl (C=O) groups is 1. The molecule has 0 bridgehead atoms. The monoisotopic (exact) mass is 370 g/mol. The Balaban J connectivity index is 1.56. The molecule has 8 heteroatoms. The van der Waals surface area contributed by atoms with Crippen LogP contribution < -0.4 is 10.5 Å². The highest BCUT2D eigenvalue weighted by Gasteiger charge is 2.24. The van der Waals surface area contributed by atoms with Crippen LogP contribution >= 0.6 is 11.3 Å². The summed E-state index contributed by atoms with van der Waals surface area (Å²) in [4.78, 5) is 16.4. The van der Waals surface area contributed by atoms with E-state index >= 15 is 0 Å². The normalized spacial score (nSPS) is 14.0. The molecule has 0 aliphatic heterocycles.